The van der Waals surface area contributed by atoms with Crippen LogP contribution in [0.1, 0.15) is 6.92 Å². The first-order valence-corrected chi connectivity index (χ1v) is 10.9. The fourth-order valence-corrected chi connectivity index (χ4v) is 7.59. The van der Waals surface area contributed by atoms with Gasteiger partial charge in [-0.05, 0) is 69.0 Å². The first kappa shape index (κ1) is 16.3. The molecule has 0 radical (unpaired) electrons. The van der Waals surface area contributed by atoms with Gasteiger partial charge in [0, 0.05) is 5.39 Å². The number of furan rings is 2. The van der Waals surface area contributed by atoms with Crippen LogP contribution >= 0.6 is 10.0 Å². The van der Waals surface area contributed by atoms with Crippen LogP contribution in [-0.4, -0.2) is 5.75 Å². The van der Waals surface area contributed by atoms with Gasteiger partial charge in [0.2, 0.25) is 0 Å². The van der Waals surface area contributed by atoms with Crippen molar-refractivity contribution in [2.75, 3.05) is 5.75 Å². The summed E-state index contributed by atoms with van der Waals surface area (Å²) >= 11 is 0. The molecule has 5 rings (SSSR count). The van der Waals surface area contributed by atoms with Gasteiger partial charge >= 0.3 is 0 Å². The molecule has 0 saturated carbocycles. The minimum absolute atomic E-state index is 0.596. The highest BCUT2D eigenvalue weighted by atomic mass is 32.3. The van der Waals surface area contributed by atoms with Crippen molar-refractivity contribution in [3.8, 4) is 0 Å². The molecule has 134 valence electrons. The van der Waals surface area contributed by atoms with Crippen molar-refractivity contribution in [1.29, 1.82) is 0 Å². The molecule has 0 aliphatic carbocycles. The highest BCUT2D eigenvalue weighted by Crippen LogP contribution is 2.68. The third-order valence-electron chi connectivity index (χ3n) is 5.20. The zero-order valence-corrected chi connectivity index (χ0v) is 15.9. The molecule has 0 aliphatic heterocycles. The number of benzene rings is 3. The molecule has 0 spiro atoms. The van der Waals surface area contributed by atoms with Crippen LogP contribution in [0.2, 0.25) is 0 Å². The summed E-state index contributed by atoms with van der Waals surface area (Å²) in [5, 5.41) is 2.16. The minimum Gasteiger partial charge on any atom is -0.433 e. The summed E-state index contributed by atoms with van der Waals surface area (Å²) in [5.74, 6) is 1.64. The normalized spacial score (nSPS) is 12.6. The summed E-state index contributed by atoms with van der Waals surface area (Å²) < 4.78 is 11.3. The predicted octanol–water partition coefficient (Wildman–Crippen LogP) is 7.48. The van der Waals surface area contributed by atoms with Crippen molar-refractivity contribution in [2.24, 2.45) is 0 Å². The van der Waals surface area contributed by atoms with Crippen LogP contribution in [0.15, 0.2) is 115 Å². The molecule has 3 aromatic carbocycles. The average molecular weight is 372 g/mol. The van der Waals surface area contributed by atoms with E-state index in [1.165, 1.54) is 14.7 Å². The van der Waals surface area contributed by atoms with Gasteiger partial charge in [-0.15, -0.1) is 0 Å². The van der Waals surface area contributed by atoms with Gasteiger partial charge in [0.1, 0.15) is 5.58 Å². The van der Waals surface area contributed by atoms with Crippen LogP contribution in [0.3, 0.4) is 0 Å². The summed E-state index contributed by atoms with van der Waals surface area (Å²) in [6.45, 7) is 2.29. The molecule has 2 heterocycles. The van der Waals surface area contributed by atoms with Crippen LogP contribution < -0.4 is 0 Å². The maximum atomic E-state index is 5.85. The van der Waals surface area contributed by atoms with Gasteiger partial charge in [-0.25, -0.2) is 0 Å². The van der Waals surface area contributed by atoms with Crippen LogP contribution in [0.5, 0.6) is 0 Å². The lowest BCUT2D eigenvalue weighted by atomic mass is 10.2. The van der Waals surface area contributed by atoms with Crippen LogP contribution in [-0.2, 0) is 0 Å². The molecule has 2 aromatic heterocycles. The predicted molar refractivity (Wildman–Crippen MR) is 112 cm³/mol. The van der Waals surface area contributed by atoms with E-state index in [1.54, 1.807) is 6.26 Å². The van der Waals surface area contributed by atoms with E-state index >= 15 is 0 Å². The third kappa shape index (κ3) is 2.42. The van der Waals surface area contributed by atoms with Crippen LogP contribution in [0.25, 0.3) is 22.1 Å². The largest absolute Gasteiger partial charge is 0.433 e. The van der Waals surface area contributed by atoms with Gasteiger partial charge < -0.3 is 8.83 Å². The summed E-state index contributed by atoms with van der Waals surface area (Å²) in [6, 6.07) is 30.4. The number of hydrogen-bond acceptors (Lipinski definition) is 2. The fourth-order valence-electron chi connectivity index (χ4n) is 3.91. The first-order chi connectivity index (χ1) is 13.3. The Morgan fingerprint density at radius 2 is 1.37 bits per heavy atom. The lowest BCUT2D eigenvalue weighted by Crippen LogP contribution is -2.06. The average Bonchev–Trinajstić information content (AvgIpc) is 3.32. The second-order valence-electron chi connectivity index (χ2n) is 6.54. The lowest BCUT2D eigenvalue weighted by Gasteiger charge is -2.40. The van der Waals surface area contributed by atoms with Crippen LogP contribution in [0, 0.1) is 0 Å². The van der Waals surface area contributed by atoms with E-state index < -0.39 is 10.0 Å². The minimum atomic E-state index is -1.36. The summed E-state index contributed by atoms with van der Waals surface area (Å²) in [5.41, 5.74) is 0.874. The van der Waals surface area contributed by atoms with Crippen molar-refractivity contribution >= 4 is 32.2 Å². The maximum Gasteiger partial charge on any atom is 0.298 e. The zero-order chi connectivity index (χ0) is 18.3. The SMILES string of the molecule is CCS(c1ccccc1)(c1ccccc1)c1ccc2oc3occc3c2c1. The Bertz CT molecular complexity index is 1160. The van der Waals surface area contributed by atoms with Crippen molar-refractivity contribution < 1.29 is 8.83 Å². The maximum absolute atomic E-state index is 5.85. The second kappa shape index (κ2) is 6.36. The van der Waals surface area contributed by atoms with Gasteiger partial charge in [-0.1, -0.05) is 43.3 Å². The highest BCUT2D eigenvalue weighted by Gasteiger charge is 2.29. The van der Waals surface area contributed by atoms with Crippen molar-refractivity contribution in [2.45, 2.75) is 21.6 Å². The Kier molecular flexibility index (Phi) is 3.83. The van der Waals surface area contributed by atoms with Gasteiger partial charge in [-0.3, -0.25) is 0 Å². The number of fused-ring (bicyclic) bond motifs is 3. The number of hydrogen-bond donors (Lipinski definition) is 0. The van der Waals surface area contributed by atoms with Gasteiger partial charge in [-0.2, -0.15) is 10.0 Å². The van der Waals surface area contributed by atoms with Crippen molar-refractivity contribution in [1.82, 2.24) is 0 Å². The molecular weight excluding hydrogens is 352 g/mol. The van der Waals surface area contributed by atoms with Crippen molar-refractivity contribution in [3.63, 3.8) is 0 Å². The Hall–Kier alpha value is -2.91. The Balaban J connectivity index is 1.83. The molecule has 3 heteroatoms. The zero-order valence-electron chi connectivity index (χ0n) is 15.1. The third-order valence-corrected chi connectivity index (χ3v) is 9.28. The molecule has 27 heavy (non-hydrogen) atoms. The number of rotatable bonds is 4. The monoisotopic (exact) mass is 372 g/mol. The molecule has 0 bridgehead atoms. The first-order valence-electron chi connectivity index (χ1n) is 9.14. The molecule has 0 atom stereocenters. The molecular formula is C24H20O2S. The summed E-state index contributed by atoms with van der Waals surface area (Å²) in [6.07, 6.45) is 1.69. The van der Waals surface area contributed by atoms with E-state index in [0.29, 0.717) is 5.78 Å². The Labute approximate surface area is 159 Å². The van der Waals surface area contributed by atoms with E-state index in [9.17, 15) is 0 Å². The molecule has 2 nitrogen and oxygen atoms in total. The molecule has 0 amide bonds. The smallest absolute Gasteiger partial charge is 0.298 e. The van der Waals surface area contributed by atoms with E-state index in [-0.39, 0.29) is 0 Å². The molecule has 0 aliphatic rings. The van der Waals surface area contributed by atoms with Crippen LogP contribution in [0.4, 0.5) is 0 Å². The molecule has 0 saturated heterocycles. The topological polar surface area (TPSA) is 26.3 Å². The van der Waals surface area contributed by atoms with Gasteiger partial charge in [0.15, 0.2) is 0 Å². The molecule has 0 unspecified atom stereocenters. The quantitative estimate of drug-likeness (QED) is 0.327. The van der Waals surface area contributed by atoms with E-state index in [1.807, 2.05) is 6.07 Å². The lowest BCUT2D eigenvalue weighted by molar-refractivity contribution is 0.499. The van der Waals surface area contributed by atoms with E-state index in [2.05, 4.69) is 85.8 Å². The van der Waals surface area contributed by atoms with E-state index in [0.717, 1.165) is 22.1 Å². The highest BCUT2D eigenvalue weighted by molar-refractivity contribution is 8.33. The fraction of sp³-hybridized carbons (Fsp3) is 0.0833. The second-order valence-corrected chi connectivity index (χ2v) is 10.0. The summed E-state index contributed by atoms with van der Waals surface area (Å²) in [7, 11) is -1.36. The molecule has 5 aromatic rings. The van der Waals surface area contributed by atoms with E-state index in [4.69, 9.17) is 8.83 Å². The summed E-state index contributed by atoms with van der Waals surface area (Å²) in [4.78, 5) is 4.11. The van der Waals surface area contributed by atoms with Gasteiger partial charge in [0.05, 0.1) is 11.6 Å². The van der Waals surface area contributed by atoms with Gasteiger partial charge in [0.25, 0.3) is 5.78 Å². The Morgan fingerprint density at radius 1 is 0.704 bits per heavy atom. The van der Waals surface area contributed by atoms with Crippen molar-refractivity contribution in [3.05, 3.63) is 91.2 Å². The molecule has 0 fully saturated rings. The molecule has 0 N–H and O–H groups in total. The Morgan fingerprint density at radius 3 is 2.00 bits per heavy atom. The standard InChI is InChI=1S/C24H20O2S/c1-2-27(18-9-5-3-6-10-18,19-11-7-4-8-12-19)20-13-14-23-22(17-20)21-15-16-25-24(21)26-23/h3-17H,2H2,1H3.